The van der Waals surface area contributed by atoms with Crippen LogP contribution in [0.3, 0.4) is 0 Å². The van der Waals surface area contributed by atoms with Crippen molar-refractivity contribution < 1.29 is 19.7 Å². The molecule has 2 fully saturated rings. The van der Waals surface area contributed by atoms with Gasteiger partial charge in [-0.3, -0.25) is 4.79 Å². The summed E-state index contributed by atoms with van der Waals surface area (Å²) in [5, 5.41) is 30.2. The molecule has 2 aliphatic rings. The van der Waals surface area contributed by atoms with Gasteiger partial charge >= 0.3 is 5.97 Å². The fourth-order valence-electron chi connectivity index (χ4n) is 5.12. The number of aliphatic hydroxyl groups is 2. The highest BCUT2D eigenvalue weighted by molar-refractivity contribution is 7.10. The number of hydrogen-bond donors (Lipinski definition) is 2. The van der Waals surface area contributed by atoms with E-state index in [9.17, 15) is 9.90 Å². The lowest BCUT2D eigenvalue weighted by Gasteiger charge is -2.45. The van der Waals surface area contributed by atoms with Crippen LogP contribution in [0.25, 0.3) is 0 Å². The van der Waals surface area contributed by atoms with Gasteiger partial charge in [0.2, 0.25) is 0 Å². The van der Waals surface area contributed by atoms with E-state index in [1.807, 2.05) is 0 Å². The predicted octanol–water partition coefficient (Wildman–Crippen LogP) is 6.13. The maximum absolute atomic E-state index is 10.8. The number of thiophene rings is 1. The van der Waals surface area contributed by atoms with E-state index in [1.165, 1.54) is 37.0 Å². The van der Waals surface area contributed by atoms with Gasteiger partial charge in [0.25, 0.3) is 0 Å². The zero-order chi connectivity index (χ0) is 23.9. The van der Waals surface area contributed by atoms with Crippen molar-refractivity contribution in [3.63, 3.8) is 0 Å². The van der Waals surface area contributed by atoms with E-state index in [0.29, 0.717) is 12.3 Å². The first-order valence-electron chi connectivity index (χ1n) is 12.9. The van der Waals surface area contributed by atoms with E-state index in [4.69, 9.17) is 10.4 Å². The van der Waals surface area contributed by atoms with Crippen molar-refractivity contribution in [2.45, 2.75) is 108 Å². The van der Waals surface area contributed by atoms with Gasteiger partial charge in [-0.2, -0.15) is 5.26 Å². The number of esters is 1. The molecule has 0 saturated heterocycles. The molecule has 1 aromatic heterocycles. The van der Waals surface area contributed by atoms with E-state index >= 15 is 0 Å². The maximum atomic E-state index is 10.8. The molecule has 0 aromatic carbocycles. The lowest BCUT2D eigenvalue weighted by molar-refractivity contribution is -0.144. The smallest absolute Gasteiger partial charge is 0.305 e. The van der Waals surface area contributed by atoms with Crippen molar-refractivity contribution >= 4 is 17.3 Å². The van der Waals surface area contributed by atoms with Crippen LogP contribution >= 0.6 is 11.3 Å². The molecule has 0 aliphatic heterocycles. The first kappa shape index (κ1) is 27.8. The molecule has 6 heteroatoms. The summed E-state index contributed by atoms with van der Waals surface area (Å²) in [7, 11) is 0. The minimum Gasteiger partial charge on any atom is -0.463 e. The number of unbranched alkanes of at least 4 members (excludes halogenated alkanes) is 3. The van der Waals surface area contributed by atoms with Gasteiger partial charge < -0.3 is 14.9 Å². The molecule has 3 rings (SSSR count). The Morgan fingerprint density at radius 1 is 1.30 bits per heavy atom. The Bertz CT molecular complexity index is 695. The second-order valence-corrected chi connectivity index (χ2v) is 10.6. The average molecular weight is 478 g/mol. The minimum atomic E-state index is -0.194. The summed E-state index contributed by atoms with van der Waals surface area (Å²) in [6, 6.07) is 6.71. The van der Waals surface area contributed by atoms with Crippen LogP contribution in [0.5, 0.6) is 0 Å². The third-order valence-corrected chi connectivity index (χ3v) is 8.39. The van der Waals surface area contributed by atoms with Crippen LogP contribution < -0.4 is 0 Å². The Kier molecular flexibility index (Phi) is 13.0. The van der Waals surface area contributed by atoms with Gasteiger partial charge in [0.05, 0.1) is 18.8 Å². The molecule has 2 saturated carbocycles. The van der Waals surface area contributed by atoms with Gasteiger partial charge in [-0.25, -0.2) is 0 Å². The van der Waals surface area contributed by atoms with E-state index in [0.717, 1.165) is 57.3 Å². The van der Waals surface area contributed by atoms with Crippen molar-refractivity contribution in [1.29, 1.82) is 5.26 Å². The number of rotatable bonds is 13. The summed E-state index contributed by atoms with van der Waals surface area (Å²) in [4.78, 5) is 12.2. The molecule has 3 atom stereocenters. The van der Waals surface area contributed by atoms with Gasteiger partial charge in [-0.1, -0.05) is 51.5 Å². The molecule has 0 amide bonds. The van der Waals surface area contributed by atoms with Crippen LogP contribution in [0.2, 0.25) is 0 Å². The normalized spacial score (nSPS) is 21.9. The lowest BCUT2D eigenvalue weighted by atomic mass is 9.63. The van der Waals surface area contributed by atoms with E-state index < -0.39 is 0 Å². The topological polar surface area (TPSA) is 90.5 Å². The fraction of sp³-hybridized carbons (Fsp3) is 0.778. The van der Waals surface area contributed by atoms with Crippen LogP contribution in [-0.2, 0) is 14.9 Å². The van der Waals surface area contributed by atoms with Gasteiger partial charge in [0.1, 0.15) is 6.61 Å². The van der Waals surface area contributed by atoms with Gasteiger partial charge in [0, 0.05) is 22.6 Å². The fourth-order valence-corrected chi connectivity index (χ4v) is 6.16. The molecule has 1 unspecified atom stereocenters. The summed E-state index contributed by atoms with van der Waals surface area (Å²) >= 11 is 1.80. The molecule has 0 spiro atoms. The quantitative estimate of drug-likeness (QED) is 0.263. The summed E-state index contributed by atoms with van der Waals surface area (Å²) in [6.07, 6.45) is 14.8. The van der Waals surface area contributed by atoms with Crippen molar-refractivity contribution in [1.82, 2.24) is 0 Å². The molecule has 0 bridgehead atoms. The summed E-state index contributed by atoms with van der Waals surface area (Å²) in [5.41, 5.74) is 0.0685. The van der Waals surface area contributed by atoms with E-state index in [1.54, 1.807) is 11.3 Å². The Hall–Kier alpha value is -1.42. The molecule has 5 nitrogen and oxygen atoms in total. The number of carbonyl (C=O) groups is 1. The highest BCUT2D eigenvalue weighted by atomic mass is 32.1. The van der Waals surface area contributed by atoms with Crippen LogP contribution in [-0.4, -0.2) is 35.5 Å². The SMILES string of the molecule is CCCCCCC(=O)OCCO.N#C[C@@H]1CC[C@H](CCCC(O)C2(c3cccs3)CCC2)C1. The third kappa shape index (κ3) is 9.03. The van der Waals surface area contributed by atoms with Crippen LogP contribution in [0, 0.1) is 23.2 Å². The molecule has 33 heavy (non-hydrogen) atoms. The highest BCUT2D eigenvalue weighted by Crippen LogP contribution is 2.49. The molecule has 1 heterocycles. The Morgan fingerprint density at radius 3 is 2.70 bits per heavy atom. The van der Waals surface area contributed by atoms with Gasteiger partial charge in [-0.05, 0) is 62.3 Å². The highest BCUT2D eigenvalue weighted by Gasteiger charge is 2.45. The lowest BCUT2D eigenvalue weighted by Crippen LogP contribution is -2.44. The summed E-state index contributed by atoms with van der Waals surface area (Å²) < 4.78 is 4.68. The second kappa shape index (κ2) is 15.5. The van der Waals surface area contributed by atoms with Crippen molar-refractivity contribution in [2.75, 3.05) is 13.2 Å². The van der Waals surface area contributed by atoms with Crippen LogP contribution in [0.1, 0.15) is 102 Å². The minimum absolute atomic E-state index is 0.0685. The first-order chi connectivity index (χ1) is 16.1. The van der Waals surface area contributed by atoms with Crippen molar-refractivity contribution in [3.8, 4) is 6.07 Å². The number of hydrogen-bond acceptors (Lipinski definition) is 6. The Morgan fingerprint density at radius 2 is 2.12 bits per heavy atom. The molecule has 2 aliphatic carbocycles. The number of nitrogens with zero attached hydrogens (tertiary/aromatic N) is 1. The maximum Gasteiger partial charge on any atom is 0.305 e. The number of carbonyl (C=O) groups excluding carboxylic acids is 1. The largest absolute Gasteiger partial charge is 0.463 e. The molecule has 186 valence electrons. The standard InChI is InChI=1S/C18H25NOS.C9H18O3/c19-13-15-8-7-14(12-15)4-1-5-16(20)18(9-3-10-18)17-6-2-11-21-17;1-2-3-4-5-6-9(11)12-8-7-10/h2,6,11,14-16,20H,1,3-5,7-10,12H2;10H,2-8H2,1H3/t14-,15+,16?;/m0./s1. The number of nitriles is 1. The van der Waals surface area contributed by atoms with Crippen LogP contribution in [0.15, 0.2) is 17.5 Å². The van der Waals surface area contributed by atoms with Gasteiger partial charge in [0.15, 0.2) is 0 Å². The molecular formula is C27H43NO4S. The number of aliphatic hydroxyl groups excluding tert-OH is 2. The summed E-state index contributed by atoms with van der Waals surface area (Å²) in [6.45, 7) is 2.18. The van der Waals surface area contributed by atoms with Crippen molar-refractivity contribution in [2.24, 2.45) is 11.8 Å². The molecule has 0 radical (unpaired) electrons. The predicted molar refractivity (Wildman–Crippen MR) is 133 cm³/mol. The monoisotopic (exact) mass is 477 g/mol. The summed E-state index contributed by atoms with van der Waals surface area (Å²) in [5.74, 6) is 0.824. The molecule has 2 N–H and O–H groups in total. The van der Waals surface area contributed by atoms with Crippen molar-refractivity contribution in [3.05, 3.63) is 22.4 Å². The molecule has 1 aromatic rings. The zero-order valence-electron chi connectivity index (χ0n) is 20.3. The zero-order valence-corrected chi connectivity index (χ0v) is 21.2. The van der Waals surface area contributed by atoms with E-state index in [-0.39, 0.29) is 30.7 Å². The van der Waals surface area contributed by atoms with Crippen LogP contribution in [0.4, 0.5) is 0 Å². The van der Waals surface area contributed by atoms with E-state index in [2.05, 4.69) is 35.2 Å². The first-order valence-corrected chi connectivity index (χ1v) is 13.8. The Balaban J connectivity index is 0.000000277. The average Bonchev–Trinajstić information content (AvgIpc) is 3.48. The third-order valence-electron chi connectivity index (χ3n) is 7.30. The van der Waals surface area contributed by atoms with Gasteiger partial charge in [-0.15, -0.1) is 11.3 Å². The Labute approximate surface area is 204 Å². The number of ether oxygens (including phenoxy) is 1. The molecular weight excluding hydrogens is 434 g/mol. The second-order valence-electron chi connectivity index (χ2n) is 9.69.